The van der Waals surface area contributed by atoms with E-state index in [9.17, 15) is 13.6 Å². The molecular formula is C21H21F2N3O4. The third kappa shape index (κ3) is 4.22. The van der Waals surface area contributed by atoms with Gasteiger partial charge in [-0.3, -0.25) is 9.69 Å². The lowest BCUT2D eigenvalue weighted by Gasteiger charge is -2.40. The number of hydrogen-bond donors (Lipinski definition) is 0. The number of alkyl halides is 2. The highest BCUT2D eigenvalue weighted by molar-refractivity contribution is 5.82. The van der Waals surface area contributed by atoms with Gasteiger partial charge in [0.15, 0.2) is 6.29 Å². The van der Waals surface area contributed by atoms with Crippen LogP contribution < -0.4 is 4.74 Å². The summed E-state index contributed by atoms with van der Waals surface area (Å²) in [6.07, 6.45) is -2.26. The number of aromatic nitrogens is 2. The van der Waals surface area contributed by atoms with Gasteiger partial charge in [0.1, 0.15) is 12.4 Å². The van der Waals surface area contributed by atoms with Crippen LogP contribution in [0.2, 0.25) is 0 Å². The van der Waals surface area contributed by atoms with Gasteiger partial charge in [0.05, 0.1) is 5.56 Å². The van der Waals surface area contributed by atoms with E-state index in [-0.39, 0.29) is 23.8 Å². The van der Waals surface area contributed by atoms with Crippen LogP contribution in [0.5, 0.6) is 5.75 Å². The number of likely N-dealkylation sites (N-methyl/N-ethyl adjacent to an activating group) is 1. The second-order valence-electron chi connectivity index (χ2n) is 6.70. The summed E-state index contributed by atoms with van der Waals surface area (Å²) in [5.74, 6) is -0.607. The molecule has 3 aromatic rings. The summed E-state index contributed by atoms with van der Waals surface area (Å²) in [5, 5.41) is 6.92. The summed E-state index contributed by atoms with van der Waals surface area (Å²) in [4.78, 5) is 13.6. The maximum Gasteiger partial charge on any atom is 0.314 e. The number of carbonyl (C=O) groups excluding carboxylic acids is 1. The monoisotopic (exact) mass is 417 g/mol. The molecule has 3 rings (SSSR count). The fourth-order valence-corrected chi connectivity index (χ4v) is 3.03. The van der Waals surface area contributed by atoms with Crippen LogP contribution >= 0.6 is 0 Å². The number of hydrogen-bond acceptors (Lipinski definition) is 7. The van der Waals surface area contributed by atoms with Crippen molar-refractivity contribution in [3.05, 3.63) is 65.5 Å². The van der Waals surface area contributed by atoms with Crippen LogP contribution in [-0.4, -0.2) is 49.2 Å². The maximum absolute atomic E-state index is 12.7. The van der Waals surface area contributed by atoms with Crippen molar-refractivity contribution in [2.75, 3.05) is 27.8 Å². The van der Waals surface area contributed by atoms with E-state index < -0.39 is 18.0 Å². The molecule has 0 aliphatic heterocycles. The molecule has 9 heteroatoms. The van der Waals surface area contributed by atoms with Crippen molar-refractivity contribution in [2.24, 2.45) is 0 Å². The molecule has 0 radical (unpaired) electrons. The van der Waals surface area contributed by atoms with E-state index in [1.165, 1.54) is 6.07 Å². The molecular weight excluding hydrogens is 396 g/mol. The van der Waals surface area contributed by atoms with Gasteiger partial charge < -0.3 is 13.9 Å². The molecule has 0 fully saturated rings. The molecule has 1 unspecified atom stereocenters. The van der Waals surface area contributed by atoms with Gasteiger partial charge in [-0.1, -0.05) is 30.3 Å². The number of benzene rings is 2. The zero-order chi connectivity index (χ0) is 21.7. The Morgan fingerprint density at radius 2 is 1.90 bits per heavy atom. The van der Waals surface area contributed by atoms with Crippen molar-refractivity contribution in [1.29, 1.82) is 0 Å². The fraction of sp³-hybridized carbons (Fsp3) is 0.286. The highest BCUT2D eigenvalue weighted by Crippen LogP contribution is 2.34. The average molecular weight is 417 g/mol. The highest BCUT2D eigenvalue weighted by Gasteiger charge is 2.38. The molecule has 30 heavy (non-hydrogen) atoms. The zero-order valence-corrected chi connectivity index (χ0v) is 16.7. The summed E-state index contributed by atoms with van der Waals surface area (Å²) in [7, 11) is 5.24. The summed E-state index contributed by atoms with van der Waals surface area (Å²) in [5.41, 5.74) is 0.340. The molecule has 0 amide bonds. The van der Waals surface area contributed by atoms with Gasteiger partial charge in [0, 0.05) is 18.2 Å². The molecule has 0 aliphatic carbocycles. The minimum absolute atomic E-state index is 0.112. The predicted molar refractivity (Wildman–Crippen MR) is 104 cm³/mol. The quantitative estimate of drug-likeness (QED) is 0.386. The average Bonchev–Trinajstić information content (AvgIpc) is 3.24. The molecule has 0 saturated heterocycles. The fourth-order valence-electron chi connectivity index (χ4n) is 3.03. The molecule has 1 aromatic heterocycles. The van der Waals surface area contributed by atoms with Gasteiger partial charge in [-0.05, 0) is 32.3 Å². The number of methoxy groups -OCH3 is 1. The number of rotatable bonds is 9. The smallest absolute Gasteiger partial charge is 0.314 e. The molecule has 2 aromatic carbocycles. The molecule has 1 atom stereocenters. The summed E-state index contributed by atoms with van der Waals surface area (Å²) < 4.78 is 42.1. The molecule has 0 bridgehead atoms. The topological polar surface area (TPSA) is 77.7 Å². The van der Waals surface area contributed by atoms with Gasteiger partial charge in [-0.15, -0.1) is 10.2 Å². The molecule has 158 valence electrons. The first kappa shape index (κ1) is 21.5. The SMILES string of the molecule is COCC(Oc1ccc(-c2nnc(C(F)F)o2)cc1C=O)(c1ccccc1)N(C)C. The summed E-state index contributed by atoms with van der Waals surface area (Å²) >= 11 is 0. The van der Waals surface area contributed by atoms with E-state index in [1.807, 2.05) is 49.3 Å². The van der Waals surface area contributed by atoms with Crippen molar-refractivity contribution in [3.8, 4) is 17.2 Å². The van der Waals surface area contributed by atoms with Gasteiger partial charge in [0.2, 0.25) is 11.6 Å². The molecule has 7 nitrogen and oxygen atoms in total. The Bertz CT molecular complexity index is 995. The first-order valence-electron chi connectivity index (χ1n) is 9.03. The molecule has 0 aliphatic rings. The van der Waals surface area contributed by atoms with Crippen molar-refractivity contribution in [1.82, 2.24) is 15.1 Å². The lowest BCUT2D eigenvalue weighted by Crippen LogP contribution is -2.50. The largest absolute Gasteiger partial charge is 0.465 e. The second-order valence-corrected chi connectivity index (χ2v) is 6.70. The van der Waals surface area contributed by atoms with Crippen LogP contribution in [0.4, 0.5) is 8.78 Å². The van der Waals surface area contributed by atoms with E-state index in [0.29, 0.717) is 11.8 Å². The Kier molecular flexibility index (Phi) is 6.53. The van der Waals surface area contributed by atoms with E-state index in [2.05, 4.69) is 10.2 Å². The van der Waals surface area contributed by atoms with Crippen LogP contribution in [0.1, 0.15) is 28.2 Å². The number of carbonyl (C=O) groups is 1. The van der Waals surface area contributed by atoms with Crippen LogP contribution in [0, 0.1) is 0 Å². The van der Waals surface area contributed by atoms with E-state index in [0.717, 1.165) is 5.56 Å². The van der Waals surface area contributed by atoms with Crippen LogP contribution in [0.3, 0.4) is 0 Å². The Hall–Kier alpha value is -3.17. The summed E-state index contributed by atoms with van der Waals surface area (Å²) in [6.45, 7) is 0.186. The first-order valence-corrected chi connectivity index (χ1v) is 9.03. The number of nitrogens with zero attached hydrogens (tertiary/aromatic N) is 3. The summed E-state index contributed by atoms with van der Waals surface area (Å²) in [6, 6.07) is 14.0. The van der Waals surface area contributed by atoms with Crippen molar-refractivity contribution in [2.45, 2.75) is 12.2 Å². The minimum Gasteiger partial charge on any atom is -0.465 e. The highest BCUT2D eigenvalue weighted by atomic mass is 19.3. The maximum atomic E-state index is 12.7. The minimum atomic E-state index is -2.87. The van der Waals surface area contributed by atoms with Gasteiger partial charge in [-0.2, -0.15) is 8.78 Å². The Morgan fingerprint density at radius 3 is 2.47 bits per heavy atom. The van der Waals surface area contributed by atoms with Crippen LogP contribution in [0.25, 0.3) is 11.5 Å². The van der Waals surface area contributed by atoms with Crippen molar-refractivity contribution < 1.29 is 27.5 Å². The molecule has 0 N–H and O–H groups in total. The van der Waals surface area contributed by atoms with E-state index in [4.69, 9.17) is 13.9 Å². The molecule has 0 spiro atoms. The zero-order valence-electron chi connectivity index (χ0n) is 16.7. The third-order valence-corrected chi connectivity index (χ3v) is 4.58. The second kappa shape index (κ2) is 9.10. The van der Waals surface area contributed by atoms with Gasteiger partial charge >= 0.3 is 6.43 Å². The van der Waals surface area contributed by atoms with Crippen molar-refractivity contribution in [3.63, 3.8) is 0 Å². The Balaban J connectivity index is 2.01. The Morgan fingerprint density at radius 1 is 1.17 bits per heavy atom. The van der Waals surface area contributed by atoms with Crippen molar-refractivity contribution >= 4 is 6.29 Å². The van der Waals surface area contributed by atoms with E-state index in [1.54, 1.807) is 19.2 Å². The molecule has 1 heterocycles. The van der Waals surface area contributed by atoms with Crippen LogP contribution in [0.15, 0.2) is 52.9 Å². The molecule has 0 saturated carbocycles. The lowest BCUT2D eigenvalue weighted by molar-refractivity contribution is -0.112. The number of halogens is 2. The number of ether oxygens (including phenoxy) is 2. The van der Waals surface area contributed by atoms with Gasteiger partial charge in [-0.25, -0.2) is 0 Å². The normalized spacial score (nSPS) is 13.4. The standard InChI is InChI=1S/C21H21F2N3O4/c1-26(2)21(13-28-3,16-7-5-4-6-8-16)30-17-10-9-14(11-15(17)12-27)19-24-25-20(29-19)18(22)23/h4-12,18H,13H2,1-3H3. The first-order chi connectivity index (χ1) is 14.4. The Labute approximate surface area is 172 Å². The predicted octanol–water partition coefficient (Wildman–Crippen LogP) is 3.93. The van der Waals surface area contributed by atoms with E-state index >= 15 is 0 Å². The van der Waals surface area contributed by atoms with Crippen LogP contribution in [-0.2, 0) is 10.5 Å². The van der Waals surface area contributed by atoms with Gasteiger partial charge in [0.25, 0.3) is 5.89 Å². The number of aldehydes is 1. The lowest BCUT2D eigenvalue weighted by atomic mass is 10.0. The third-order valence-electron chi connectivity index (χ3n) is 4.58.